The predicted octanol–water partition coefficient (Wildman–Crippen LogP) is 4.45. The first-order valence-electron chi connectivity index (χ1n) is 8.08. The van der Waals surface area contributed by atoms with Gasteiger partial charge in [0, 0.05) is 12.7 Å². The number of hydrogen-bond donors (Lipinski definition) is 1. The second kappa shape index (κ2) is 7.25. The molecule has 1 N–H and O–H groups in total. The van der Waals surface area contributed by atoms with Gasteiger partial charge in [-0.05, 0) is 51.3 Å². The van der Waals surface area contributed by atoms with Crippen molar-refractivity contribution in [2.45, 2.75) is 12.6 Å². The molecule has 0 radical (unpaired) electrons. The first-order chi connectivity index (χ1) is 12.3. The van der Waals surface area contributed by atoms with Gasteiger partial charge in [-0.1, -0.05) is 36.4 Å². The van der Waals surface area contributed by atoms with E-state index in [1.54, 1.807) is 0 Å². The highest BCUT2D eigenvalue weighted by atomic mass is 79.9. The molecule has 1 aromatic heterocycles. The summed E-state index contributed by atoms with van der Waals surface area (Å²) in [7, 11) is 0. The minimum Gasteiger partial charge on any atom is -0.454 e. The zero-order valence-electron chi connectivity index (χ0n) is 13.5. The van der Waals surface area contributed by atoms with Gasteiger partial charge in [-0.15, -0.1) is 0 Å². The molecule has 4 rings (SSSR count). The molecule has 25 heavy (non-hydrogen) atoms. The van der Waals surface area contributed by atoms with Gasteiger partial charge < -0.3 is 14.8 Å². The molecule has 5 heteroatoms. The molecule has 0 aliphatic carbocycles. The average molecular weight is 397 g/mol. The molecule has 0 saturated heterocycles. The van der Waals surface area contributed by atoms with E-state index in [4.69, 9.17) is 9.47 Å². The Morgan fingerprint density at radius 2 is 1.88 bits per heavy atom. The van der Waals surface area contributed by atoms with Gasteiger partial charge >= 0.3 is 0 Å². The maximum Gasteiger partial charge on any atom is 0.231 e. The molecule has 1 unspecified atom stereocenters. The lowest BCUT2D eigenvalue weighted by molar-refractivity contribution is 0.173. The van der Waals surface area contributed by atoms with Crippen LogP contribution in [0.5, 0.6) is 11.5 Å². The van der Waals surface area contributed by atoms with Crippen molar-refractivity contribution in [1.29, 1.82) is 0 Å². The Hall–Kier alpha value is -2.37. The molecule has 126 valence electrons. The van der Waals surface area contributed by atoms with Crippen LogP contribution in [0.25, 0.3) is 0 Å². The van der Waals surface area contributed by atoms with Gasteiger partial charge in [0.25, 0.3) is 0 Å². The molecular weight excluding hydrogens is 380 g/mol. The topological polar surface area (TPSA) is 43.4 Å². The van der Waals surface area contributed by atoms with Crippen molar-refractivity contribution in [3.8, 4) is 11.5 Å². The van der Waals surface area contributed by atoms with E-state index in [0.717, 1.165) is 27.2 Å². The summed E-state index contributed by atoms with van der Waals surface area (Å²) < 4.78 is 11.9. The number of nitrogens with zero attached hydrogens (tertiary/aromatic N) is 1. The quantitative estimate of drug-likeness (QED) is 0.691. The maximum absolute atomic E-state index is 5.50. The van der Waals surface area contributed by atoms with E-state index in [2.05, 4.69) is 44.4 Å². The highest BCUT2D eigenvalue weighted by Crippen LogP contribution is 2.40. The van der Waals surface area contributed by atoms with Crippen LogP contribution >= 0.6 is 15.9 Å². The molecule has 0 saturated carbocycles. The number of ether oxygens (including phenoxy) is 2. The van der Waals surface area contributed by atoms with Crippen LogP contribution in [-0.4, -0.2) is 11.8 Å². The molecule has 0 bridgehead atoms. The summed E-state index contributed by atoms with van der Waals surface area (Å²) in [6.45, 7) is 0.955. The van der Waals surface area contributed by atoms with Crippen LogP contribution in [0.1, 0.15) is 22.9 Å². The van der Waals surface area contributed by atoms with Crippen LogP contribution in [0.3, 0.4) is 0 Å². The Kier molecular flexibility index (Phi) is 4.68. The third-order valence-electron chi connectivity index (χ3n) is 4.11. The standard InChI is InChI=1S/C20H17BrN2O2/c21-16-10-14(11-18-20(16)25-13-24-18)12-23-19(15-6-2-1-3-7-15)17-8-4-5-9-22-17/h1-11,19,23H,12-13H2. The van der Waals surface area contributed by atoms with Crippen molar-refractivity contribution in [3.05, 3.63) is 88.2 Å². The minimum atomic E-state index is 0.0200. The van der Waals surface area contributed by atoms with E-state index in [1.807, 2.05) is 48.7 Å². The lowest BCUT2D eigenvalue weighted by Crippen LogP contribution is -2.22. The van der Waals surface area contributed by atoms with E-state index in [-0.39, 0.29) is 12.8 Å². The van der Waals surface area contributed by atoms with Gasteiger partial charge in [-0.25, -0.2) is 0 Å². The molecule has 0 amide bonds. The lowest BCUT2D eigenvalue weighted by Gasteiger charge is -2.19. The number of rotatable bonds is 5. The summed E-state index contributed by atoms with van der Waals surface area (Å²) in [5.41, 5.74) is 3.29. The second-order valence-electron chi connectivity index (χ2n) is 5.79. The summed E-state index contributed by atoms with van der Waals surface area (Å²) in [5, 5.41) is 3.61. The van der Waals surface area contributed by atoms with Crippen LogP contribution in [-0.2, 0) is 6.54 Å². The van der Waals surface area contributed by atoms with Crippen LogP contribution < -0.4 is 14.8 Å². The normalized spacial score (nSPS) is 13.6. The zero-order chi connectivity index (χ0) is 17.1. The lowest BCUT2D eigenvalue weighted by atomic mass is 10.0. The molecule has 1 aliphatic heterocycles. The number of nitrogens with one attached hydrogen (secondary N) is 1. The third-order valence-corrected chi connectivity index (χ3v) is 4.70. The predicted molar refractivity (Wildman–Crippen MR) is 99.6 cm³/mol. The molecule has 1 atom stereocenters. The Bertz CT molecular complexity index is 817. The Morgan fingerprint density at radius 3 is 2.68 bits per heavy atom. The highest BCUT2D eigenvalue weighted by molar-refractivity contribution is 9.10. The summed E-state index contributed by atoms with van der Waals surface area (Å²) >= 11 is 3.55. The van der Waals surface area contributed by atoms with Crippen LogP contribution in [0.2, 0.25) is 0 Å². The van der Waals surface area contributed by atoms with Crippen molar-refractivity contribution in [3.63, 3.8) is 0 Å². The summed E-state index contributed by atoms with van der Waals surface area (Å²) in [5.74, 6) is 1.55. The summed E-state index contributed by atoms with van der Waals surface area (Å²) in [6, 6.07) is 20.4. The smallest absolute Gasteiger partial charge is 0.231 e. The highest BCUT2D eigenvalue weighted by Gasteiger charge is 2.19. The third kappa shape index (κ3) is 3.52. The van der Waals surface area contributed by atoms with Crippen molar-refractivity contribution in [1.82, 2.24) is 10.3 Å². The number of halogens is 1. The fourth-order valence-corrected chi connectivity index (χ4v) is 3.53. The Morgan fingerprint density at radius 1 is 1.04 bits per heavy atom. The number of fused-ring (bicyclic) bond motifs is 1. The fourth-order valence-electron chi connectivity index (χ4n) is 2.93. The number of benzene rings is 2. The summed E-state index contributed by atoms with van der Waals surface area (Å²) in [6.07, 6.45) is 1.82. The van der Waals surface area contributed by atoms with Crippen molar-refractivity contribution < 1.29 is 9.47 Å². The molecule has 0 spiro atoms. The molecular formula is C20H17BrN2O2. The molecule has 1 aliphatic rings. The zero-order valence-corrected chi connectivity index (χ0v) is 15.1. The van der Waals surface area contributed by atoms with E-state index in [1.165, 1.54) is 5.56 Å². The molecule has 3 aromatic rings. The maximum atomic E-state index is 5.50. The second-order valence-corrected chi connectivity index (χ2v) is 6.64. The van der Waals surface area contributed by atoms with Gasteiger partial charge in [0.05, 0.1) is 16.2 Å². The van der Waals surface area contributed by atoms with E-state index in [9.17, 15) is 0 Å². The van der Waals surface area contributed by atoms with Gasteiger partial charge in [0.15, 0.2) is 11.5 Å². The van der Waals surface area contributed by atoms with Gasteiger partial charge in [0.1, 0.15) is 0 Å². The first-order valence-corrected chi connectivity index (χ1v) is 8.88. The van der Waals surface area contributed by atoms with E-state index in [0.29, 0.717) is 6.54 Å². The monoisotopic (exact) mass is 396 g/mol. The molecule has 2 aromatic carbocycles. The number of aromatic nitrogens is 1. The van der Waals surface area contributed by atoms with E-state index >= 15 is 0 Å². The minimum absolute atomic E-state index is 0.0200. The van der Waals surface area contributed by atoms with Crippen LogP contribution in [0, 0.1) is 0 Å². The first kappa shape index (κ1) is 16.1. The van der Waals surface area contributed by atoms with Gasteiger partial charge in [-0.2, -0.15) is 0 Å². The number of pyridine rings is 1. The molecule has 0 fully saturated rings. The number of hydrogen-bond acceptors (Lipinski definition) is 4. The Labute approximate surface area is 154 Å². The van der Waals surface area contributed by atoms with Gasteiger partial charge in [-0.3, -0.25) is 4.98 Å². The SMILES string of the molecule is Brc1cc(CNC(c2ccccc2)c2ccccn2)cc2c1OCO2. The van der Waals surface area contributed by atoms with Crippen LogP contribution in [0.4, 0.5) is 0 Å². The van der Waals surface area contributed by atoms with Gasteiger partial charge in [0.2, 0.25) is 6.79 Å². The Balaban J connectivity index is 1.59. The average Bonchev–Trinajstić information content (AvgIpc) is 3.13. The van der Waals surface area contributed by atoms with Crippen molar-refractivity contribution in [2.24, 2.45) is 0 Å². The van der Waals surface area contributed by atoms with E-state index < -0.39 is 0 Å². The fraction of sp³-hybridized carbons (Fsp3) is 0.150. The molecule has 2 heterocycles. The van der Waals surface area contributed by atoms with Crippen molar-refractivity contribution in [2.75, 3.05) is 6.79 Å². The molecule has 4 nitrogen and oxygen atoms in total. The summed E-state index contributed by atoms with van der Waals surface area (Å²) in [4.78, 5) is 4.53. The van der Waals surface area contributed by atoms with Crippen LogP contribution in [0.15, 0.2) is 71.3 Å². The van der Waals surface area contributed by atoms with Crippen molar-refractivity contribution >= 4 is 15.9 Å². The largest absolute Gasteiger partial charge is 0.454 e.